The van der Waals surface area contributed by atoms with Crippen molar-refractivity contribution in [2.24, 2.45) is 5.41 Å². The highest BCUT2D eigenvalue weighted by molar-refractivity contribution is 8.14. The van der Waals surface area contributed by atoms with Gasteiger partial charge in [0.25, 0.3) is 15.6 Å². The van der Waals surface area contributed by atoms with Gasteiger partial charge in [-0.1, -0.05) is 51.5 Å². The number of fused-ring (bicyclic) bond motifs is 1. The van der Waals surface area contributed by atoms with Gasteiger partial charge in [-0.05, 0) is 18.9 Å². The molecule has 1 aliphatic heterocycles. The second-order valence-corrected chi connectivity index (χ2v) is 18.2. The molecular formula is C29H44N7O17P3S-4. The van der Waals surface area contributed by atoms with E-state index in [1.165, 1.54) is 19.9 Å². The first kappa shape index (κ1) is 48.7. The molecule has 7 atom stereocenters. The summed E-state index contributed by atoms with van der Waals surface area (Å²) in [6.07, 6.45) is -0.305. The predicted octanol–water partition coefficient (Wildman–Crippen LogP) is -1.73. The van der Waals surface area contributed by atoms with Crippen molar-refractivity contribution < 1.29 is 80.5 Å². The average molecular weight is 888 g/mol. The number of rotatable bonds is 24. The molecule has 1 fully saturated rings. The van der Waals surface area contributed by atoms with Gasteiger partial charge in [0.1, 0.15) is 36.3 Å². The number of ether oxygens (including phenoxy) is 1. The summed E-state index contributed by atoms with van der Waals surface area (Å²) in [5.41, 5.74) is 4.07. The normalized spacial score (nSPS) is 21.6. The number of imidazole rings is 1. The molecule has 1 saturated heterocycles. The molecule has 24 nitrogen and oxygen atoms in total. The van der Waals surface area contributed by atoms with Gasteiger partial charge in [-0.25, -0.2) is 19.3 Å². The minimum atomic E-state index is -5.91. The first-order valence-electron chi connectivity index (χ1n) is 17.2. The zero-order chi connectivity index (χ0) is 42.6. The Morgan fingerprint density at radius 3 is 2.47 bits per heavy atom. The van der Waals surface area contributed by atoms with E-state index < -0.39 is 84.6 Å². The van der Waals surface area contributed by atoms with Crippen LogP contribution in [0.2, 0.25) is 0 Å². The summed E-state index contributed by atoms with van der Waals surface area (Å²) < 4.78 is 60.5. The third kappa shape index (κ3) is 15.8. The molecule has 57 heavy (non-hydrogen) atoms. The lowest BCUT2D eigenvalue weighted by molar-refractivity contribution is -0.347. The molecule has 3 rings (SSSR count). The maximum atomic E-state index is 12.5. The number of thioether (sulfide) groups is 1. The minimum absolute atomic E-state index is 0.0209. The van der Waals surface area contributed by atoms with Crippen LogP contribution in [-0.4, -0.2) is 103 Å². The first-order valence-corrected chi connectivity index (χ1v) is 22.6. The maximum absolute atomic E-state index is 12.5. The van der Waals surface area contributed by atoms with Gasteiger partial charge in [-0.2, -0.15) is 0 Å². The number of nitrogen functional groups attached to an aromatic ring is 1. The number of amides is 2. The standard InChI is InChI=1S/C29H48N7O17P3S/c1-4-5-6-7-8-9-20(38)57-13-12-31-19(37)10-11-32-27(41)24(40)29(2,3)15-50-56(47,48)53-55(45,46)49-14-18-23(52-54(42,43)44)22(39)28(51-18)36-17-35-21-25(30)33-16-34-26(21)36/h8-9,16-18,22-24,28,39-40H,4-7,10-15H2,1-3H3,(H,31,37)(H,32,41)(H,45,46)(H,47,48)(H2,30,33,34)(H2,42,43,44)/p-4/b9-8+/t18-,22-,23-,24+,28-/m1/s1. The molecule has 0 saturated carbocycles. The quantitative estimate of drug-likeness (QED) is 0.0444. The van der Waals surface area contributed by atoms with Crippen LogP contribution in [0.3, 0.4) is 0 Å². The van der Waals surface area contributed by atoms with Crippen molar-refractivity contribution in [2.45, 2.75) is 83.5 Å². The van der Waals surface area contributed by atoms with E-state index in [-0.39, 0.29) is 41.6 Å². The Labute approximate surface area is 330 Å². The fourth-order valence-electron chi connectivity index (χ4n) is 5.00. The Hall–Kier alpha value is -2.70. The van der Waals surface area contributed by atoms with E-state index in [2.05, 4.69) is 50.4 Å². The summed E-state index contributed by atoms with van der Waals surface area (Å²) in [7, 11) is -17.6. The number of aliphatic hydroxyl groups excluding tert-OH is 2. The van der Waals surface area contributed by atoms with E-state index in [1.54, 1.807) is 0 Å². The van der Waals surface area contributed by atoms with Crippen molar-refractivity contribution >= 4 is 69.1 Å². The number of carbonyl (C=O) groups excluding carboxylic acids is 3. The summed E-state index contributed by atoms with van der Waals surface area (Å²) in [5, 5.41) is 26.1. The molecule has 1 aliphatic rings. The fraction of sp³-hybridized carbons (Fsp3) is 0.655. The number of nitrogens with zero attached hydrogens (tertiary/aromatic N) is 4. The van der Waals surface area contributed by atoms with Crippen LogP contribution < -0.4 is 35.9 Å². The minimum Gasteiger partial charge on any atom is -0.790 e. The Bertz CT molecular complexity index is 1860. The largest absolute Gasteiger partial charge is 0.790 e. The van der Waals surface area contributed by atoms with Crippen molar-refractivity contribution in [1.82, 2.24) is 30.2 Å². The highest BCUT2D eigenvalue weighted by Crippen LogP contribution is 2.56. The van der Waals surface area contributed by atoms with Crippen molar-refractivity contribution in [1.29, 1.82) is 0 Å². The second kappa shape index (κ2) is 21.5. The smallest absolute Gasteiger partial charge is 0.274 e. The van der Waals surface area contributed by atoms with E-state index in [0.29, 0.717) is 5.75 Å². The zero-order valence-corrected chi connectivity index (χ0v) is 34.4. The van der Waals surface area contributed by atoms with Crippen molar-refractivity contribution in [3.05, 3.63) is 24.8 Å². The summed E-state index contributed by atoms with van der Waals surface area (Å²) in [6.45, 7) is 2.18. The topological polar surface area (TPSA) is 375 Å². The maximum Gasteiger partial charge on any atom is 0.274 e. The number of nitrogens with one attached hydrogen (secondary N) is 2. The van der Waals surface area contributed by atoms with E-state index in [0.717, 1.165) is 54.7 Å². The van der Waals surface area contributed by atoms with E-state index in [4.69, 9.17) is 10.5 Å². The van der Waals surface area contributed by atoms with Crippen molar-refractivity contribution in [3.8, 4) is 0 Å². The molecule has 2 amide bonds. The van der Waals surface area contributed by atoms with Crippen molar-refractivity contribution in [2.75, 3.05) is 37.8 Å². The Balaban J connectivity index is 1.46. The van der Waals surface area contributed by atoms with Crippen LogP contribution in [0.5, 0.6) is 0 Å². The van der Waals surface area contributed by atoms with Crippen LogP contribution >= 0.6 is 35.2 Å². The molecule has 28 heteroatoms. The summed E-state index contributed by atoms with van der Waals surface area (Å²) >= 11 is 1.04. The third-order valence-electron chi connectivity index (χ3n) is 7.95. The Morgan fingerprint density at radius 2 is 1.79 bits per heavy atom. The zero-order valence-electron chi connectivity index (χ0n) is 30.9. The van der Waals surface area contributed by atoms with E-state index in [9.17, 15) is 57.9 Å². The van der Waals surface area contributed by atoms with Crippen LogP contribution in [0.1, 0.15) is 59.1 Å². The SMILES string of the molecule is CCCCC/C=C/C(=O)SCCNC(=O)CCNC(=O)[C@H](O)C(C)(C)COP(=O)([O-])OP(=O)([O-])OC[C@H]1O[C@@H](n2cnc3c(N)ncnc32)[C@H](O)[C@@H]1OP(=O)([O-])[O-]. The third-order valence-corrected chi connectivity index (χ3v) is 11.8. The molecule has 6 N–H and O–H groups in total. The number of allylic oxidation sites excluding steroid dienone is 1. The number of aromatic nitrogens is 4. The molecule has 2 unspecified atom stereocenters. The molecule has 3 heterocycles. The van der Waals surface area contributed by atoms with Crippen LogP contribution in [0, 0.1) is 5.41 Å². The number of anilines is 1. The first-order chi connectivity index (χ1) is 26.6. The Kier molecular flexibility index (Phi) is 18.4. The lowest BCUT2D eigenvalue weighted by Gasteiger charge is -2.36. The average Bonchev–Trinajstić information content (AvgIpc) is 3.68. The molecular weight excluding hydrogens is 843 g/mol. The lowest BCUT2D eigenvalue weighted by atomic mass is 9.87. The molecule has 2 aromatic rings. The number of hydrogen-bond acceptors (Lipinski definition) is 22. The van der Waals surface area contributed by atoms with Gasteiger partial charge in [0.2, 0.25) is 16.9 Å². The molecule has 0 radical (unpaired) electrons. The summed E-state index contributed by atoms with van der Waals surface area (Å²) in [5.74, 6) is -1.22. The molecule has 0 spiro atoms. The number of phosphoric acid groups is 3. The van der Waals surface area contributed by atoms with Gasteiger partial charge in [0.15, 0.2) is 17.7 Å². The van der Waals surface area contributed by atoms with Gasteiger partial charge >= 0.3 is 0 Å². The molecule has 0 bridgehead atoms. The van der Waals surface area contributed by atoms with E-state index in [1.807, 2.05) is 6.08 Å². The van der Waals surface area contributed by atoms with E-state index >= 15 is 0 Å². The second-order valence-electron chi connectivity index (χ2n) is 13.0. The number of aliphatic hydroxyl groups is 2. The number of hydrogen-bond donors (Lipinski definition) is 5. The molecule has 2 aromatic heterocycles. The summed E-state index contributed by atoms with van der Waals surface area (Å²) in [6, 6.07) is 0. The van der Waals surface area contributed by atoms with Crippen LogP contribution in [0.4, 0.5) is 5.82 Å². The lowest BCUT2D eigenvalue weighted by Crippen LogP contribution is -2.46. The highest BCUT2D eigenvalue weighted by Gasteiger charge is 2.47. The summed E-state index contributed by atoms with van der Waals surface area (Å²) in [4.78, 5) is 95.9. The molecule has 0 aliphatic carbocycles. The van der Waals surface area contributed by atoms with Gasteiger partial charge in [-0.15, -0.1) is 0 Å². The van der Waals surface area contributed by atoms with Gasteiger partial charge in [-0.3, -0.25) is 28.1 Å². The number of nitrogens with two attached hydrogens (primary N) is 1. The van der Waals surface area contributed by atoms with Gasteiger partial charge in [0, 0.05) is 30.7 Å². The number of unbranched alkanes of at least 4 members (excludes halogenated alkanes) is 3. The number of carbonyl (C=O) groups is 3. The number of phosphoric ester groups is 3. The highest BCUT2D eigenvalue weighted by atomic mass is 32.2. The van der Waals surface area contributed by atoms with Crippen LogP contribution in [0.25, 0.3) is 11.2 Å². The Morgan fingerprint density at radius 1 is 1.09 bits per heavy atom. The fourth-order valence-corrected chi connectivity index (χ4v) is 8.33. The van der Waals surface area contributed by atoms with Gasteiger partial charge in [0.05, 0.1) is 27.4 Å². The predicted molar refractivity (Wildman–Crippen MR) is 192 cm³/mol. The van der Waals surface area contributed by atoms with Crippen molar-refractivity contribution in [3.63, 3.8) is 0 Å². The van der Waals surface area contributed by atoms with Gasteiger partial charge < -0.3 is 69.0 Å². The molecule has 0 aromatic carbocycles. The van der Waals surface area contributed by atoms with Crippen LogP contribution in [0.15, 0.2) is 24.8 Å². The monoisotopic (exact) mass is 887 g/mol. The molecule has 322 valence electrons. The van der Waals surface area contributed by atoms with Crippen LogP contribution in [-0.2, 0) is 50.7 Å².